The van der Waals surface area contributed by atoms with Crippen LogP contribution in [0, 0.1) is 0 Å². The van der Waals surface area contributed by atoms with E-state index in [2.05, 4.69) is 142 Å². The number of rotatable bonds is 47. The third-order valence-corrected chi connectivity index (χ3v) is 10.9. The van der Waals surface area contributed by atoms with Gasteiger partial charge in [-0.2, -0.15) is 0 Å². The van der Waals surface area contributed by atoms with Crippen LogP contribution in [0.1, 0.15) is 213 Å². The number of ether oxygens (including phenoxy) is 3. The van der Waals surface area contributed by atoms with Crippen LogP contribution in [-0.4, -0.2) is 37.2 Å². The predicted octanol–water partition coefficient (Wildman–Crippen LogP) is 18.4. The van der Waals surface area contributed by atoms with E-state index in [9.17, 15) is 14.4 Å². The molecule has 0 rings (SSSR count). The molecule has 0 atom stereocenters. The molecule has 0 unspecified atom stereocenters. The highest BCUT2D eigenvalue weighted by Crippen LogP contribution is 2.14. The fraction of sp³-hybridized carbons (Fsp3) is 0.571. The molecule has 0 aromatic carbocycles. The number of hydrogen-bond donors (Lipinski definition) is 0. The van der Waals surface area contributed by atoms with Gasteiger partial charge in [-0.15, -0.1) is 0 Å². The van der Waals surface area contributed by atoms with Gasteiger partial charge in [-0.05, 0) is 96.3 Å². The molecule has 0 aromatic rings. The molecule has 0 aliphatic heterocycles. The molecule has 0 radical (unpaired) electrons. The molecule has 0 N–H and O–H groups in total. The van der Waals surface area contributed by atoms with Crippen molar-refractivity contribution < 1.29 is 28.6 Å². The van der Waals surface area contributed by atoms with Crippen molar-refractivity contribution in [3.8, 4) is 0 Å². The first-order valence-corrected chi connectivity index (χ1v) is 27.3. The number of carbonyl (C=O) groups is 3. The Labute approximate surface area is 423 Å². The van der Waals surface area contributed by atoms with Gasteiger partial charge in [0.05, 0.1) is 0 Å². The summed E-state index contributed by atoms with van der Waals surface area (Å²) in [4.78, 5) is 38.0. The molecule has 0 aliphatic carbocycles. The lowest BCUT2D eigenvalue weighted by molar-refractivity contribution is -0.166. The van der Waals surface area contributed by atoms with Crippen molar-refractivity contribution in [2.24, 2.45) is 0 Å². The van der Waals surface area contributed by atoms with Gasteiger partial charge < -0.3 is 14.2 Å². The fourth-order valence-electron chi connectivity index (χ4n) is 6.85. The highest BCUT2D eigenvalue weighted by atomic mass is 16.6. The minimum absolute atomic E-state index is 0.145. The van der Waals surface area contributed by atoms with E-state index in [-0.39, 0.29) is 44.0 Å². The van der Waals surface area contributed by atoms with E-state index in [0.717, 1.165) is 96.3 Å². The average Bonchev–Trinajstić information content (AvgIpc) is 3.35. The van der Waals surface area contributed by atoms with Crippen LogP contribution in [0.3, 0.4) is 0 Å². The Bertz CT molecular complexity index is 1470. The summed E-state index contributed by atoms with van der Waals surface area (Å²) in [5, 5.41) is 0. The van der Waals surface area contributed by atoms with E-state index in [1.807, 2.05) is 24.3 Å². The van der Waals surface area contributed by atoms with E-state index in [1.165, 1.54) is 64.2 Å². The maximum absolute atomic E-state index is 12.8. The SMILES string of the molecule is CCC=CCC=CCC=CCC=CCC=CCC=CCCC(=O)OCC(COC(=O)CCC=CCC=CCC=CCC=CCC=CCC=CCC)OC(=O)CCCCCCCCCCCCCCC. The van der Waals surface area contributed by atoms with E-state index < -0.39 is 6.10 Å². The number of esters is 3. The maximum atomic E-state index is 12.8. The molecule has 0 aliphatic rings. The van der Waals surface area contributed by atoms with E-state index in [4.69, 9.17) is 14.2 Å². The summed E-state index contributed by atoms with van der Waals surface area (Å²) in [5.74, 6) is -1.11. The van der Waals surface area contributed by atoms with Crippen molar-refractivity contribution in [1.29, 1.82) is 0 Å². The van der Waals surface area contributed by atoms with Gasteiger partial charge in [-0.3, -0.25) is 14.4 Å². The Morgan fingerprint density at radius 1 is 0.304 bits per heavy atom. The van der Waals surface area contributed by atoms with Crippen LogP contribution in [0.5, 0.6) is 0 Å². The van der Waals surface area contributed by atoms with Crippen LogP contribution < -0.4 is 0 Å². The van der Waals surface area contributed by atoms with Crippen LogP contribution in [0.15, 0.2) is 146 Å². The maximum Gasteiger partial charge on any atom is 0.306 e. The number of allylic oxidation sites excluding steroid dienone is 24. The Morgan fingerprint density at radius 3 is 0.855 bits per heavy atom. The molecule has 6 heteroatoms. The topological polar surface area (TPSA) is 78.9 Å². The molecule has 69 heavy (non-hydrogen) atoms. The highest BCUT2D eigenvalue weighted by Gasteiger charge is 2.19. The van der Waals surface area contributed by atoms with Crippen molar-refractivity contribution in [2.75, 3.05) is 13.2 Å². The largest absolute Gasteiger partial charge is 0.462 e. The first-order valence-electron chi connectivity index (χ1n) is 27.3. The molecule has 0 aromatic heterocycles. The van der Waals surface area contributed by atoms with Crippen LogP contribution in [0.2, 0.25) is 0 Å². The van der Waals surface area contributed by atoms with Gasteiger partial charge in [-0.25, -0.2) is 0 Å². The summed E-state index contributed by atoms with van der Waals surface area (Å²) < 4.78 is 16.7. The molecule has 386 valence electrons. The monoisotopic (exact) mass is 951 g/mol. The molecule has 0 spiro atoms. The predicted molar refractivity (Wildman–Crippen MR) is 297 cm³/mol. The van der Waals surface area contributed by atoms with E-state index in [0.29, 0.717) is 19.3 Å². The van der Waals surface area contributed by atoms with Crippen LogP contribution >= 0.6 is 0 Å². The molecule has 0 amide bonds. The summed E-state index contributed by atoms with van der Waals surface area (Å²) in [6, 6.07) is 0. The van der Waals surface area contributed by atoms with Gasteiger partial charge in [0.25, 0.3) is 0 Å². The summed E-state index contributed by atoms with van der Waals surface area (Å²) in [7, 11) is 0. The van der Waals surface area contributed by atoms with Gasteiger partial charge >= 0.3 is 17.9 Å². The Hall–Kier alpha value is -4.71. The van der Waals surface area contributed by atoms with Gasteiger partial charge in [0.1, 0.15) is 13.2 Å². The molecule has 0 saturated carbocycles. The molecule has 0 heterocycles. The summed E-state index contributed by atoms with van der Waals surface area (Å²) in [6.45, 7) is 6.26. The average molecular weight is 951 g/mol. The second kappa shape index (κ2) is 55.9. The first kappa shape index (κ1) is 64.3. The van der Waals surface area contributed by atoms with Crippen molar-refractivity contribution in [1.82, 2.24) is 0 Å². The molecule has 0 saturated heterocycles. The Balaban J connectivity index is 4.62. The zero-order valence-corrected chi connectivity index (χ0v) is 44.0. The summed E-state index contributed by atoms with van der Waals surface area (Å²) in [5.41, 5.74) is 0. The van der Waals surface area contributed by atoms with E-state index in [1.54, 1.807) is 0 Å². The standard InChI is InChI=1S/C63H98O6/c1-4-7-10-13-16-19-22-25-27-29-31-33-35-38-40-43-46-49-52-55-61(64)67-58-60(69-63(66)57-54-51-48-45-42-37-24-21-18-15-12-9-6-3)59-68-62(65)56-53-50-47-44-41-39-36-34-32-30-28-26-23-20-17-14-11-8-5-2/h7-8,10-11,16-17,19-20,25-28,31-34,38-41,46-47,49-50,60H,4-6,9,12-15,18,21-24,29-30,35-37,42-45,48,51-59H2,1-3H3. The normalized spacial score (nSPS) is 13.3. The molecule has 0 bridgehead atoms. The number of unbranched alkanes of at least 4 members (excludes halogenated alkanes) is 12. The molecular formula is C63H98O6. The Morgan fingerprint density at radius 2 is 0.565 bits per heavy atom. The minimum Gasteiger partial charge on any atom is -0.462 e. The van der Waals surface area contributed by atoms with Crippen LogP contribution in [0.4, 0.5) is 0 Å². The lowest BCUT2D eigenvalue weighted by atomic mass is 10.0. The summed E-state index contributed by atoms with van der Waals surface area (Å²) >= 11 is 0. The van der Waals surface area contributed by atoms with Gasteiger partial charge in [-0.1, -0.05) is 244 Å². The zero-order chi connectivity index (χ0) is 50.0. The molecule has 6 nitrogen and oxygen atoms in total. The fourth-order valence-corrected chi connectivity index (χ4v) is 6.85. The lowest BCUT2D eigenvalue weighted by Crippen LogP contribution is -2.30. The molecule has 0 fully saturated rings. The van der Waals surface area contributed by atoms with Crippen molar-refractivity contribution in [3.05, 3.63) is 146 Å². The zero-order valence-electron chi connectivity index (χ0n) is 44.0. The van der Waals surface area contributed by atoms with E-state index >= 15 is 0 Å². The lowest BCUT2D eigenvalue weighted by Gasteiger charge is -2.18. The number of hydrogen-bond acceptors (Lipinski definition) is 6. The van der Waals surface area contributed by atoms with Crippen LogP contribution in [-0.2, 0) is 28.6 Å². The van der Waals surface area contributed by atoms with Crippen molar-refractivity contribution in [2.45, 2.75) is 219 Å². The van der Waals surface area contributed by atoms with Gasteiger partial charge in [0.2, 0.25) is 0 Å². The van der Waals surface area contributed by atoms with Crippen molar-refractivity contribution >= 4 is 17.9 Å². The smallest absolute Gasteiger partial charge is 0.306 e. The van der Waals surface area contributed by atoms with Crippen LogP contribution in [0.25, 0.3) is 0 Å². The first-order chi connectivity index (χ1) is 34.0. The number of carbonyl (C=O) groups excluding carboxylic acids is 3. The second-order valence-electron chi connectivity index (χ2n) is 17.4. The van der Waals surface area contributed by atoms with Crippen molar-refractivity contribution in [3.63, 3.8) is 0 Å². The second-order valence-corrected chi connectivity index (χ2v) is 17.4. The third-order valence-electron chi connectivity index (χ3n) is 10.9. The highest BCUT2D eigenvalue weighted by molar-refractivity contribution is 5.71. The van der Waals surface area contributed by atoms with Gasteiger partial charge in [0.15, 0.2) is 6.10 Å². The Kier molecular flexibility index (Phi) is 52.1. The quantitative estimate of drug-likeness (QED) is 0.0262. The minimum atomic E-state index is -0.843. The summed E-state index contributed by atoms with van der Waals surface area (Å²) in [6.07, 6.45) is 80.0. The molecular weight excluding hydrogens is 853 g/mol. The third kappa shape index (κ3) is 54.1. The van der Waals surface area contributed by atoms with Gasteiger partial charge in [0, 0.05) is 19.3 Å².